The van der Waals surface area contributed by atoms with Gasteiger partial charge in [-0.1, -0.05) is 0 Å². The third-order valence-electron chi connectivity index (χ3n) is 3.13. The molecular weight excluding hydrogens is 343 g/mol. The highest BCUT2D eigenvalue weighted by atomic mass is 35.5. The molecule has 1 aromatic rings. The van der Waals surface area contributed by atoms with Gasteiger partial charge in [0.2, 0.25) is 10.0 Å². The first-order valence-electron chi connectivity index (χ1n) is 6.09. The van der Waals surface area contributed by atoms with Crippen LogP contribution in [-0.4, -0.2) is 38.9 Å². The molecule has 0 amide bonds. The minimum absolute atomic E-state index is 0. The SMILES string of the molecule is Cl.N#Cc1ccc(S(=O)(=O)N2CCNCC2)cc1C(F)(F)F. The number of hydrogen-bond donors (Lipinski definition) is 1. The second-order valence-corrected chi connectivity index (χ2v) is 6.41. The van der Waals surface area contributed by atoms with E-state index in [0.29, 0.717) is 19.2 Å². The molecule has 0 saturated carbocycles. The fourth-order valence-electron chi connectivity index (χ4n) is 2.05. The Hall–Kier alpha value is -1.34. The average Bonchev–Trinajstić information content (AvgIpc) is 2.46. The van der Waals surface area contributed by atoms with Crippen LogP contribution in [0.25, 0.3) is 0 Å². The molecule has 0 aromatic heterocycles. The van der Waals surface area contributed by atoms with Crippen molar-refractivity contribution < 1.29 is 21.6 Å². The number of nitrogens with zero attached hydrogens (tertiary/aromatic N) is 2. The molecule has 5 nitrogen and oxygen atoms in total. The number of nitrogens with one attached hydrogen (secondary N) is 1. The predicted molar refractivity (Wildman–Crippen MR) is 75.0 cm³/mol. The first-order valence-corrected chi connectivity index (χ1v) is 7.53. The van der Waals surface area contributed by atoms with E-state index in [1.54, 1.807) is 0 Å². The van der Waals surface area contributed by atoms with Crippen LogP contribution in [0.1, 0.15) is 11.1 Å². The zero-order valence-corrected chi connectivity index (χ0v) is 12.9. The van der Waals surface area contributed by atoms with Crippen LogP contribution >= 0.6 is 12.4 Å². The summed E-state index contributed by atoms with van der Waals surface area (Å²) in [5.74, 6) is 0. The van der Waals surface area contributed by atoms with Crippen LogP contribution in [0.2, 0.25) is 0 Å². The van der Waals surface area contributed by atoms with Gasteiger partial charge in [-0.15, -0.1) is 12.4 Å². The number of sulfonamides is 1. The molecule has 1 N–H and O–H groups in total. The second-order valence-electron chi connectivity index (χ2n) is 4.47. The summed E-state index contributed by atoms with van der Waals surface area (Å²) in [6.07, 6.45) is -4.78. The monoisotopic (exact) mass is 355 g/mol. The summed E-state index contributed by atoms with van der Waals surface area (Å²) in [6, 6.07) is 3.87. The molecule has 2 rings (SSSR count). The number of rotatable bonds is 2. The van der Waals surface area contributed by atoms with E-state index < -0.39 is 32.2 Å². The zero-order valence-electron chi connectivity index (χ0n) is 11.2. The lowest BCUT2D eigenvalue weighted by Gasteiger charge is -2.26. The number of hydrogen-bond acceptors (Lipinski definition) is 4. The van der Waals surface area contributed by atoms with Gasteiger partial charge in [-0.05, 0) is 18.2 Å². The van der Waals surface area contributed by atoms with Crippen molar-refractivity contribution in [3.05, 3.63) is 29.3 Å². The van der Waals surface area contributed by atoms with Gasteiger partial charge in [-0.25, -0.2) is 8.42 Å². The number of alkyl halides is 3. The highest BCUT2D eigenvalue weighted by Crippen LogP contribution is 2.33. The Bertz CT molecular complexity index is 680. The van der Waals surface area contributed by atoms with Crippen LogP contribution in [0.3, 0.4) is 0 Å². The minimum atomic E-state index is -4.78. The van der Waals surface area contributed by atoms with Crippen molar-refractivity contribution in [1.82, 2.24) is 9.62 Å². The molecule has 1 aliphatic rings. The highest BCUT2D eigenvalue weighted by Gasteiger charge is 2.36. The van der Waals surface area contributed by atoms with Gasteiger partial charge in [0.1, 0.15) is 0 Å². The quantitative estimate of drug-likeness (QED) is 0.874. The van der Waals surface area contributed by atoms with Crippen LogP contribution < -0.4 is 5.32 Å². The van der Waals surface area contributed by atoms with Crippen molar-refractivity contribution in [1.29, 1.82) is 5.26 Å². The van der Waals surface area contributed by atoms with Gasteiger partial charge in [0, 0.05) is 26.2 Å². The van der Waals surface area contributed by atoms with E-state index >= 15 is 0 Å². The normalized spacial score (nSPS) is 16.6. The molecule has 0 unspecified atom stereocenters. The summed E-state index contributed by atoms with van der Waals surface area (Å²) in [6.45, 7) is 1.29. The Morgan fingerprint density at radius 2 is 1.82 bits per heavy atom. The van der Waals surface area contributed by atoms with Crippen LogP contribution in [0.15, 0.2) is 23.1 Å². The van der Waals surface area contributed by atoms with Gasteiger partial charge < -0.3 is 5.32 Å². The van der Waals surface area contributed by atoms with E-state index in [0.717, 1.165) is 16.4 Å². The largest absolute Gasteiger partial charge is 0.417 e. The number of piperazine rings is 1. The van der Waals surface area contributed by atoms with Crippen molar-refractivity contribution in [2.45, 2.75) is 11.1 Å². The minimum Gasteiger partial charge on any atom is -0.314 e. The Kier molecular flexibility index (Phi) is 5.81. The van der Waals surface area contributed by atoms with Crippen LogP contribution in [-0.2, 0) is 16.2 Å². The number of nitriles is 1. The van der Waals surface area contributed by atoms with Crippen molar-refractivity contribution in [2.75, 3.05) is 26.2 Å². The lowest BCUT2D eigenvalue weighted by atomic mass is 10.1. The zero-order chi connectivity index (χ0) is 15.7. The van der Waals surface area contributed by atoms with E-state index in [4.69, 9.17) is 5.26 Å². The Morgan fingerprint density at radius 1 is 1.23 bits per heavy atom. The second kappa shape index (κ2) is 6.83. The first-order chi connectivity index (χ1) is 9.76. The van der Waals surface area contributed by atoms with Gasteiger partial charge in [-0.2, -0.15) is 22.7 Å². The first kappa shape index (κ1) is 18.7. The average molecular weight is 356 g/mol. The maximum atomic E-state index is 12.9. The van der Waals surface area contributed by atoms with Crippen molar-refractivity contribution in [3.63, 3.8) is 0 Å². The molecule has 22 heavy (non-hydrogen) atoms. The van der Waals surface area contributed by atoms with Crippen molar-refractivity contribution in [2.24, 2.45) is 0 Å². The summed E-state index contributed by atoms with van der Waals surface area (Å²) in [5.41, 5.74) is -1.83. The fraction of sp³-hybridized carbons (Fsp3) is 0.417. The van der Waals surface area contributed by atoms with E-state index in [9.17, 15) is 21.6 Å². The standard InChI is InChI=1S/C12H12F3N3O2S.ClH/c13-12(14,15)11-7-10(2-1-9(11)8-16)21(19,20)18-5-3-17-4-6-18;/h1-2,7,17H,3-6H2;1H. The topological polar surface area (TPSA) is 73.2 Å². The molecule has 0 aliphatic carbocycles. The lowest BCUT2D eigenvalue weighted by Crippen LogP contribution is -2.46. The molecule has 1 fully saturated rings. The molecule has 1 heterocycles. The summed E-state index contributed by atoms with van der Waals surface area (Å²) < 4.78 is 64.4. The summed E-state index contributed by atoms with van der Waals surface area (Å²) in [5, 5.41) is 11.7. The van der Waals surface area contributed by atoms with Crippen molar-refractivity contribution >= 4 is 22.4 Å². The molecule has 1 aromatic carbocycles. The summed E-state index contributed by atoms with van der Waals surface area (Å²) in [7, 11) is -3.99. The maximum absolute atomic E-state index is 12.9. The van der Waals surface area contributed by atoms with E-state index in [-0.39, 0.29) is 25.5 Å². The summed E-state index contributed by atoms with van der Waals surface area (Å²) >= 11 is 0. The predicted octanol–water partition coefficient (Wildman–Crippen LogP) is 1.59. The molecule has 0 spiro atoms. The molecular formula is C12H13ClF3N3O2S. The molecule has 122 valence electrons. The van der Waals surface area contributed by atoms with E-state index in [1.165, 1.54) is 6.07 Å². The van der Waals surface area contributed by atoms with Gasteiger partial charge in [0.25, 0.3) is 0 Å². The number of halogens is 4. The smallest absolute Gasteiger partial charge is 0.314 e. The summed E-state index contributed by atoms with van der Waals surface area (Å²) in [4.78, 5) is -0.448. The highest BCUT2D eigenvalue weighted by molar-refractivity contribution is 7.89. The third kappa shape index (κ3) is 3.70. The Balaban J connectivity index is 0.00000242. The van der Waals surface area contributed by atoms with Crippen LogP contribution in [0, 0.1) is 11.3 Å². The van der Waals surface area contributed by atoms with Crippen molar-refractivity contribution in [3.8, 4) is 6.07 Å². The van der Waals surface area contributed by atoms with Crippen LogP contribution in [0.5, 0.6) is 0 Å². The molecule has 1 saturated heterocycles. The molecule has 1 aliphatic heterocycles. The van der Waals surface area contributed by atoms with Gasteiger partial charge in [0.05, 0.1) is 22.1 Å². The van der Waals surface area contributed by atoms with E-state index in [2.05, 4.69) is 5.32 Å². The van der Waals surface area contributed by atoms with Gasteiger partial charge >= 0.3 is 6.18 Å². The molecule has 0 atom stereocenters. The third-order valence-corrected chi connectivity index (χ3v) is 5.03. The van der Waals surface area contributed by atoms with E-state index in [1.807, 2.05) is 0 Å². The van der Waals surface area contributed by atoms with Crippen LogP contribution in [0.4, 0.5) is 13.2 Å². The Morgan fingerprint density at radius 3 is 2.32 bits per heavy atom. The van der Waals surface area contributed by atoms with Gasteiger partial charge in [-0.3, -0.25) is 0 Å². The maximum Gasteiger partial charge on any atom is 0.417 e. The van der Waals surface area contributed by atoms with Gasteiger partial charge in [0.15, 0.2) is 0 Å². The molecule has 0 bridgehead atoms. The Labute approximate surface area is 132 Å². The fourth-order valence-corrected chi connectivity index (χ4v) is 3.52. The molecule has 0 radical (unpaired) electrons. The lowest BCUT2D eigenvalue weighted by molar-refractivity contribution is -0.137. The molecule has 10 heteroatoms. The number of benzene rings is 1.